The Morgan fingerprint density at radius 2 is 1.85 bits per heavy atom. The fourth-order valence-electron chi connectivity index (χ4n) is 2.41. The molecule has 2 aromatic rings. The van der Waals surface area contributed by atoms with Gasteiger partial charge < -0.3 is 14.6 Å². The smallest absolute Gasteiger partial charge is 0.365 e. The molecule has 0 saturated heterocycles. The molecule has 0 aromatic heterocycles. The normalized spacial score (nSPS) is 13.7. The Morgan fingerprint density at radius 1 is 1.19 bits per heavy atom. The molecule has 0 bridgehead atoms. The van der Waals surface area contributed by atoms with Gasteiger partial charge in [-0.15, -0.1) is 0 Å². The number of carbonyl (C=O) groups is 2. The summed E-state index contributed by atoms with van der Waals surface area (Å²) in [5.41, 5.74) is -1.59. The molecule has 0 aliphatic heterocycles. The molecule has 0 fully saturated rings. The van der Waals surface area contributed by atoms with Crippen molar-refractivity contribution in [2.24, 2.45) is 0 Å². The molecule has 2 rings (SSSR count). The molecule has 8 heteroatoms. The lowest BCUT2D eigenvalue weighted by Gasteiger charge is -2.29. The molecule has 2 aromatic carbocycles. The number of ether oxygens (including phenoxy) is 1. The van der Waals surface area contributed by atoms with Gasteiger partial charge in [0.25, 0.3) is 5.72 Å². The van der Waals surface area contributed by atoms with Crippen LogP contribution in [0.25, 0.3) is 0 Å². The van der Waals surface area contributed by atoms with Crippen LogP contribution in [0.5, 0.6) is 5.75 Å². The minimum atomic E-state index is -4.25. The van der Waals surface area contributed by atoms with E-state index in [4.69, 9.17) is 4.74 Å². The summed E-state index contributed by atoms with van der Waals surface area (Å²) >= 11 is 0. The second-order valence-corrected chi connectivity index (χ2v) is 7.93. The molecule has 7 nitrogen and oxygen atoms in total. The molecule has 0 radical (unpaired) electrons. The average molecular weight is 391 g/mol. The number of carboxylic acids is 1. The fraction of sp³-hybridized carbons (Fsp3) is 0.263. The summed E-state index contributed by atoms with van der Waals surface area (Å²) in [5.74, 6) is -1.33. The first kappa shape index (κ1) is 20.6. The van der Waals surface area contributed by atoms with Crippen molar-refractivity contribution in [3.05, 3.63) is 60.2 Å². The van der Waals surface area contributed by atoms with Gasteiger partial charge in [-0.05, 0) is 35.7 Å². The molecule has 0 aliphatic rings. The lowest BCUT2D eigenvalue weighted by Crippen LogP contribution is -2.59. The van der Waals surface area contributed by atoms with Crippen molar-refractivity contribution >= 4 is 22.3 Å². The Morgan fingerprint density at radius 3 is 2.41 bits per heavy atom. The van der Waals surface area contributed by atoms with Crippen LogP contribution in [0.15, 0.2) is 59.5 Å². The predicted octanol–water partition coefficient (Wildman–Crippen LogP) is 2.54. The summed E-state index contributed by atoms with van der Waals surface area (Å²) in [7, 11) is -4.25. The lowest BCUT2D eigenvalue weighted by molar-refractivity contribution is -0.158. The Hall–Kier alpha value is -2.71. The van der Waals surface area contributed by atoms with Crippen molar-refractivity contribution in [3.63, 3.8) is 0 Å². The van der Waals surface area contributed by atoms with Crippen LogP contribution in [0.4, 0.5) is 0 Å². The number of sulfonamides is 1. The van der Waals surface area contributed by atoms with Gasteiger partial charge in [-0.25, -0.2) is 13.2 Å². The van der Waals surface area contributed by atoms with E-state index in [0.717, 1.165) is 5.56 Å². The van der Waals surface area contributed by atoms with Crippen LogP contribution in [0.2, 0.25) is 0 Å². The highest BCUT2D eigenvalue weighted by Gasteiger charge is 2.45. The zero-order chi connectivity index (χ0) is 20.1. The number of carbonyl (C=O) groups excluding carboxylic acids is 1. The van der Waals surface area contributed by atoms with E-state index in [1.165, 1.54) is 30.3 Å². The van der Waals surface area contributed by atoms with E-state index in [9.17, 15) is 23.1 Å². The van der Waals surface area contributed by atoms with Gasteiger partial charge in [0.1, 0.15) is 12.0 Å². The minimum Gasteiger partial charge on any atom is -0.477 e. The third-order valence-electron chi connectivity index (χ3n) is 3.89. The van der Waals surface area contributed by atoms with Crippen molar-refractivity contribution in [3.8, 4) is 5.75 Å². The lowest BCUT2D eigenvalue weighted by atomic mass is 10.0. The Labute approximate surface area is 158 Å². The number of rotatable bonds is 9. The largest absolute Gasteiger partial charge is 0.477 e. The Balaban J connectivity index is 2.45. The van der Waals surface area contributed by atoms with Gasteiger partial charge >= 0.3 is 5.97 Å². The molecule has 0 saturated carbocycles. The average Bonchev–Trinajstić information content (AvgIpc) is 2.62. The van der Waals surface area contributed by atoms with E-state index in [-0.39, 0.29) is 16.6 Å². The molecule has 0 amide bonds. The van der Waals surface area contributed by atoms with Gasteiger partial charge in [-0.1, -0.05) is 44.2 Å². The number of aliphatic carboxylic acids is 1. The highest BCUT2D eigenvalue weighted by atomic mass is 32.2. The van der Waals surface area contributed by atoms with Crippen LogP contribution in [-0.4, -0.2) is 31.5 Å². The van der Waals surface area contributed by atoms with E-state index < -0.39 is 28.1 Å². The van der Waals surface area contributed by atoms with Crippen LogP contribution in [0.3, 0.4) is 0 Å². The van der Waals surface area contributed by atoms with Crippen molar-refractivity contribution in [1.29, 1.82) is 0 Å². The van der Waals surface area contributed by atoms with Crippen LogP contribution in [0, 0.1) is 0 Å². The third-order valence-corrected chi connectivity index (χ3v) is 5.38. The number of benzene rings is 2. The molecule has 0 spiro atoms. The summed E-state index contributed by atoms with van der Waals surface area (Å²) in [5, 5.41) is 9.69. The summed E-state index contributed by atoms with van der Waals surface area (Å²) in [6.07, 6.45) is -0.408. The van der Waals surface area contributed by atoms with Crippen LogP contribution in [-0.2, 0) is 19.6 Å². The highest BCUT2D eigenvalue weighted by molar-refractivity contribution is 7.89. The number of nitrogens with one attached hydrogen (secondary N) is 1. The fourth-order valence-corrected chi connectivity index (χ4v) is 3.69. The minimum absolute atomic E-state index is 0.138. The van der Waals surface area contributed by atoms with Crippen molar-refractivity contribution in [2.75, 3.05) is 0 Å². The van der Waals surface area contributed by atoms with Gasteiger partial charge in [0.2, 0.25) is 10.0 Å². The van der Waals surface area contributed by atoms with Gasteiger partial charge in [0.15, 0.2) is 0 Å². The first-order valence-corrected chi connectivity index (χ1v) is 9.73. The van der Waals surface area contributed by atoms with Gasteiger partial charge in [-0.3, -0.25) is 0 Å². The summed E-state index contributed by atoms with van der Waals surface area (Å²) in [6.45, 7) is 3.90. The maximum atomic E-state index is 12.6. The van der Waals surface area contributed by atoms with Gasteiger partial charge in [-0.2, -0.15) is 4.72 Å². The Kier molecular flexibility index (Phi) is 6.35. The summed E-state index contributed by atoms with van der Waals surface area (Å²) in [6, 6.07) is 13.9. The molecule has 27 heavy (non-hydrogen) atoms. The van der Waals surface area contributed by atoms with Gasteiger partial charge in [0, 0.05) is 0 Å². The van der Waals surface area contributed by atoms with E-state index in [0.29, 0.717) is 6.29 Å². The second-order valence-electron chi connectivity index (χ2n) is 6.25. The number of aldehydes is 1. The number of hydrogen-bond donors (Lipinski definition) is 2. The molecule has 0 aliphatic carbocycles. The molecule has 144 valence electrons. The quantitative estimate of drug-likeness (QED) is 0.502. The van der Waals surface area contributed by atoms with E-state index >= 15 is 0 Å². The monoisotopic (exact) mass is 391 g/mol. The first-order chi connectivity index (χ1) is 12.7. The van der Waals surface area contributed by atoms with Crippen molar-refractivity contribution in [2.45, 2.75) is 36.8 Å². The van der Waals surface area contributed by atoms with E-state index in [1.54, 1.807) is 18.2 Å². The zero-order valence-corrected chi connectivity index (χ0v) is 15.8. The van der Waals surface area contributed by atoms with Crippen LogP contribution < -0.4 is 9.46 Å². The third kappa shape index (κ3) is 4.93. The predicted molar refractivity (Wildman–Crippen MR) is 99.0 cm³/mol. The molecule has 1 unspecified atom stereocenters. The molecular formula is C19H21NO6S. The molecular weight excluding hydrogens is 370 g/mol. The van der Waals surface area contributed by atoms with E-state index in [2.05, 4.69) is 0 Å². The maximum Gasteiger partial charge on any atom is 0.365 e. The van der Waals surface area contributed by atoms with Gasteiger partial charge in [0.05, 0.1) is 11.3 Å². The summed E-state index contributed by atoms with van der Waals surface area (Å²) < 4.78 is 32.8. The number of hydrogen-bond acceptors (Lipinski definition) is 5. The first-order valence-electron chi connectivity index (χ1n) is 8.25. The number of carboxylic acid groups (broad SMARTS) is 1. The zero-order valence-electron chi connectivity index (χ0n) is 15.0. The van der Waals surface area contributed by atoms with Crippen molar-refractivity contribution < 1.29 is 27.9 Å². The Bertz CT molecular complexity index is 911. The van der Waals surface area contributed by atoms with Crippen LogP contribution >= 0.6 is 0 Å². The van der Waals surface area contributed by atoms with Crippen molar-refractivity contribution in [1.82, 2.24) is 4.72 Å². The van der Waals surface area contributed by atoms with E-state index in [1.807, 2.05) is 24.6 Å². The van der Waals surface area contributed by atoms with Crippen LogP contribution in [0.1, 0.15) is 31.7 Å². The summed E-state index contributed by atoms with van der Waals surface area (Å²) in [4.78, 5) is 22.9. The molecule has 1 atom stereocenters. The second kappa shape index (κ2) is 8.32. The standard InChI is InChI=1S/C19H21NO6S/c1-14(2)15-7-6-8-16(13-15)26-19(11-12-21,18(22)23)20-27(24,25)17-9-4-3-5-10-17/h3-10,12-14,20H,11H2,1-2H3,(H,22,23). The maximum absolute atomic E-state index is 12.6. The highest BCUT2D eigenvalue weighted by Crippen LogP contribution is 2.25. The molecule has 2 N–H and O–H groups in total. The SMILES string of the molecule is CC(C)c1cccc(OC(CC=O)(NS(=O)(=O)c2ccccc2)C(=O)O)c1. The topological polar surface area (TPSA) is 110 Å². The molecule has 0 heterocycles.